The average molecular weight is 429 g/mol. The molecular formula is C25H33ClN2O2. The first-order chi connectivity index (χ1) is 14.2. The molecule has 4 nitrogen and oxygen atoms in total. The SMILES string of the molecule is CC[C@H](C(=O)N[C@@H](C)CC)N(Cc1ccc(Cl)cc1)C(=O)Cc1cc(C)cc(C)c1. The van der Waals surface area contributed by atoms with Crippen molar-refractivity contribution in [1.29, 1.82) is 0 Å². The van der Waals surface area contributed by atoms with Gasteiger partial charge >= 0.3 is 0 Å². The van der Waals surface area contributed by atoms with Crippen LogP contribution >= 0.6 is 11.6 Å². The molecule has 30 heavy (non-hydrogen) atoms. The Kier molecular flexibility index (Phi) is 8.91. The van der Waals surface area contributed by atoms with E-state index in [1.54, 1.807) is 4.90 Å². The molecule has 0 spiro atoms. The molecule has 2 amide bonds. The number of carbonyl (C=O) groups excluding carboxylic acids is 2. The van der Waals surface area contributed by atoms with E-state index in [1.165, 1.54) is 0 Å². The zero-order valence-corrected chi connectivity index (χ0v) is 19.4. The normalized spacial score (nSPS) is 12.9. The third-order valence-corrected chi connectivity index (χ3v) is 5.54. The first kappa shape index (κ1) is 23.9. The van der Waals surface area contributed by atoms with Gasteiger partial charge < -0.3 is 10.2 Å². The largest absolute Gasteiger partial charge is 0.352 e. The smallest absolute Gasteiger partial charge is 0.243 e. The van der Waals surface area contributed by atoms with Gasteiger partial charge in [-0.15, -0.1) is 0 Å². The molecule has 0 radical (unpaired) electrons. The minimum atomic E-state index is -0.520. The second-order valence-corrected chi connectivity index (χ2v) is 8.50. The first-order valence-electron chi connectivity index (χ1n) is 10.6. The van der Waals surface area contributed by atoms with Crippen LogP contribution in [0.3, 0.4) is 0 Å². The Labute approximate surface area is 185 Å². The maximum absolute atomic E-state index is 13.4. The second-order valence-electron chi connectivity index (χ2n) is 8.06. The number of aryl methyl sites for hydroxylation is 2. The van der Waals surface area contributed by atoms with Crippen LogP contribution in [0.25, 0.3) is 0 Å². The van der Waals surface area contributed by atoms with Gasteiger partial charge in [-0.05, 0) is 56.9 Å². The lowest BCUT2D eigenvalue weighted by Gasteiger charge is -2.31. The summed E-state index contributed by atoms with van der Waals surface area (Å²) < 4.78 is 0. The summed E-state index contributed by atoms with van der Waals surface area (Å²) in [6.45, 7) is 10.4. The van der Waals surface area contributed by atoms with E-state index < -0.39 is 6.04 Å². The van der Waals surface area contributed by atoms with Crippen molar-refractivity contribution in [3.8, 4) is 0 Å². The van der Waals surface area contributed by atoms with Crippen LogP contribution < -0.4 is 5.32 Å². The van der Waals surface area contributed by atoms with Crippen molar-refractivity contribution in [2.75, 3.05) is 0 Å². The van der Waals surface area contributed by atoms with Crippen LogP contribution in [0.5, 0.6) is 0 Å². The number of amides is 2. The van der Waals surface area contributed by atoms with Crippen LogP contribution in [0.2, 0.25) is 5.02 Å². The van der Waals surface area contributed by atoms with Gasteiger partial charge in [0.2, 0.25) is 11.8 Å². The number of hydrogen-bond donors (Lipinski definition) is 1. The van der Waals surface area contributed by atoms with Crippen molar-refractivity contribution >= 4 is 23.4 Å². The second kappa shape index (κ2) is 11.2. The van der Waals surface area contributed by atoms with Crippen molar-refractivity contribution in [2.24, 2.45) is 0 Å². The minimum absolute atomic E-state index is 0.0545. The molecule has 0 saturated heterocycles. The Morgan fingerprint density at radius 3 is 2.10 bits per heavy atom. The van der Waals surface area contributed by atoms with Gasteiger partial charge in [-0.25, -0.2) is 0 Å². The molecule has 0 fully saturated rings. The molecule has 0 aromatic heterocycles. The molecule has 2 aromatic rings. The fourth-order valence-corrected chi connectivity index (χ4v) is 3.72. The van der Waals surface area contributed by atoms with E-state index in [9.17, 15) is 9.59 Å². The molecule has 2 aromatic carbocycles. The van der Waals surface area contributed by atoms with Crippen molar-refractivity contribution in [2.45, 2.75) is 72.5 Å². The zero-order chi connectivity index (χ0) is 22.3. The van der Waals surface area contributed by atoms with Crippen LogP contribution in [0.1, 0.15) is 55.9 Å². The Morgan fingerprint density at radius 2 is 1.57 bits per heavy atom. The first-order valence-corrected chi connectivity index (χ1v) is 11.0. The summed E-state index contributed by atoms with van der Waals surface area (Å²) in [5.74, 6) is -0.157. The molecule has 162 valence electrons. The number of benzene rings is 2. The molecule has 5 heteroatoms. The lowest BCUT2D eigenvalue weighted by molar-refractivity contribution is -0.141. The van der Waals surface area contributed by atoms with Gasteiger partial charge in [0.15, 0.2) is 0 Å². The summed E-state index contributed by atoms with van der Waals surface area (Å²) in [5, 5.41) is 3.69. The lowest BCUT2D eigenvalue weighted by atomic mass is 10.0. The maximum atomic E-state index is 13.4. The Balaban J connectivity index is 2.31. The standard InChI is InChI=1S/C25H33ClN2O2/c1-6-19(5)27-25(30)23(7-2)28(16-20-8-10-22(26)11-9-20)24(29)15-21-13-17(3)12-18(4)14-21/h8-14,19,23H,6-7,15-16H2,1-5H3,(H,27,30)/t19-,23+/m0/s1. The molecule has 0 unspecified atom stereocenters. The van der Waals surface area contributed by atoms with Gasteiger partial charge in [-0.2, -0.15) is 0 Å². The number of halogens is 1. The molecule has 0 aliphatic carbocycles. The van der Waals surface area contributed by atoms with Crippen LogP contribution in [0.15, 0.2) is 42.5 Å². The summed E-state index contributed by atoms with van der Waals surface area (Å²) >= 11 is 6.02. The van der Waals surface area contributed by atoms with Crippen LogP contribution in [0.4, 0.5) is 0 Å². The van der Waals surface area contributed by atoms with E-state index >= 15 is 0 Å². The average Bonchev–Trinajstić information content (AvgIpc) is 2.68. The predicted molar refractivity (Wildman–Crippen MR) is 124 cm³/mol. The van der Waals surface area contributed by atoms with E-state index in [-0.39, 0.29) is 24.3 Å². The van der Waals surface area contributed by atoms with Gasteiger partial charge in [-0.3, -0.25) is 9.59 Å². The molecular weight excluding hydrogens is 396 g/mol. The highest BCUT2D eigenvalue weighted by molar-refractivity contribution is 6.30. The summed E-state index contributed by atoms with van der Waals surface area (Å²) in [6, 6.07) is 13.1. The highest BCUT2D eigenvalue weighted by Gasteiger charge is 2.29. The fraction of sp³-hybridized carbons (Fsp3) is 0.440. The van der Waals surface area contributed by atoms with Gasteiger partial charge in [0.25, 0.3) is 0 Å². The summed E-state index contributed by atoms with van der Waals surface area (Å²) in [5.41, 5.74) is 4.17. The molecule has 2 atom stereocenters. The van der Waals surface area contributed by atoms with Gasteiger partial charge in [0, 0.05) is 17.6 Å². The van der Waals surface area contributed by atoms with E-state index in [2.05, 4.69) is 11.4 Å². The van der Waals surface area contributed by atoms with Crippen molar-refractivity contribution < 1.29 is 9.59 Å². The summed E-state index contributed by atoms with van der Waals surface area (Å²) in [4.78, 5) is 28.1. The van der Waals surface area contributed by atoms with E-state index in [0.29, 0.717) is 18.0 Å². The number of carbonyl (C=O) groups is 2. The van der Waals surface area contributed by atoms with Crippen molar-refractivity contribution in [3.05, 3.63) is 69.7 Å². The topological polar surface area (TPSA) is 49.4 Å². The van der Waals surface area contributed by atoms with Crippen LogP contribution in [-0.4, -0.2) is 28.8 Å². The molecule has 0 aliphatic rings. The Morgan fingerprint density at radius 1 is 0.967 bits per heavy atom. The quantitative estimate of drug-likeness (QED) is 0.595. The molecule has 0 saturated carbocycles. The Bertz CT molecular complexity index is 844. The minimum Gasteiger partial charge on any atom is -0.352 e. The van der Waals surface area contributed by atoms with E-state index in [4.69, 9.17) is 11.6 Å². The number of nitrogens with zero attached hydrogens (tertiary/aromatic N) is 1. The molecule has 0 bridgehead atoms. The predicted octanol–water partition coefficient (Wildman–Crippen LogP) is 5.22. The number of rotatable bonds is 9. The van der Waals surface area contributed by atoms with Gasteiger partial charge in [0.1, 0.15) is 6.04 Å². The number of nitrogens with one attached hydrogen (secondary N) is 1. The fourth-order valence-electron chi connectivity index (χ4n) is 3.59. The van der Waals surface area contributed by atoms with Gasteiger partial charge in [0.05, 0.1) is 6.42 Å². The van der Waals surface area contributed by atoms with Crippen molar-refractivity contribution in [3.63, 3.8) is 0 Å². The zero-order valence-electron chi connectivity index (χ0n) is 18.7. The highest BCUT2D eigenvalue weighted by Crippen LogP contribution is 2.18. The molecule has 1 N–H and O–H groups in total. The molecule has 0 heterocycles. The third-order valence-electron chi connectivity index (χ3n) is 5.29. The summed E-state index contributed by atoms with van der Waals surface area (Å²) in [7, 11) is 0. The summed E-state index contributed by atoms with van der Waals surface area (Å²) in [6.07, 6.45) is 1.66. The van der Waals surface area contributed by atoms with Crippen LogP contribution in [-0.2, 0) is 22.6 Å². The van der Waals surface area contributed by atoms with Crippen molar-refractivity contribution in [1.82, 2.24) is 10.2 Å². The monoisotopic (exact) mass is 428 g/mol. The van der Waals surface area contributed by atoms with Gasteiger partial charge in [-0.1, -0.05) is 66.9 Å². The molecule has 2 rings (SSSR count). The third kappa shape index (κ3) is 6.88. The highest BCUT2D eigenvalue weighted by atomic mass is 35.5. The Hall–Kier alpha value is -2.33. The number of hydrogen-bond acceptors (Lipinski definition) is 2. The van der Waals surface area contributed by atoms with Crippen LogP contribution in [0, 0.1) is 13.8 Å². The van der Waals surface area contributed by atoms with E-state index in [1.807, 2.05) is 71.0 Å². The lowest BCUT2D eigenvalue weighted by Crippen LogP contribution is -2.51. The molecule has 0 aliphatic heterocycles. The maximum Gasteiger partial charge on any atom is 0.243 e. The van der Waals surface area contributed by atoms with E-state index in [0.717, 1.165) is 28.7 Å².